The van der Waals surface area contributed by atoms with E-state index < -0.39 is 6.04 Å². The molecule has 2 aromatic carbocycles. The van der Waals surface area contributed by atoms with E-state index in [0.717, 1.165) is 27.8 Å². The number of aromatic nitrogens is 5. The first-order valence-electron chi connectivity index (χ1n) is 12.9. The van der Waals surface area contributed by atoms with E-state index in [1.807, 2.05) is 62.4 Å². The van der Waals surface area contributed by atoms with E-state index in [1.54, 1.807) is 11.8 Å². The summed E-state index contributed by atoms with van der Waals surface area (Å²) in [5, 5.41) is 13.6. The van der Waals surface area contributed by atoms with Crippen LogP contribution in [0.1, 0.15) is 48.3 Å². The normalized spacial score (nSPS) is 15.4. The fourth-order valence-corrected chi connectivity index (χ4v) is 5.18. The third kappa shape index (κ3) is 5.17. The van der Waals surface area contributed by atoms with Crippen LogP contribution < -0.4 is 10.3 Å². The molecule has 10 heteroatoms. The van der Waals surface area contributed by atoms with Crippen LogP contribution in [0.3, 0.4) is 0 Å². The lowest BCUT2D eigenvalue weighted by molar-refractivity contribution is -0.149. The Bertz CT molecular complexity index is 1470. The second-order valence-electron chi connectivity index (χ2n) is 9.60. The van der Waals surface area contributed by atoms with Gasteiger partial charge in [0.2, 0.25) is 0 Å². The number of tetrazole rings is 1. The Morgan fingerprint density at radius 2 is 1.92 bits per heavy atom. The Kier molecular flexibility index (Phi) is 7.50. The molecule has 0 amide bonds. The first-order valence-corrected chi connectivity index (χ1v) is 12.9. The molecule has 198 valence electrons. The highest BCUT2D eigenvalue weighted by molar-refractivity contribution is 5.82. The van der Waals surface area contributed by atoms with Crippen molar-refractivity contribution in [2.24, 2.45) is 5.92 Å². The van der Waals surface area contributed by atoms with Crippen molar-refractivity contribution in [1.82, 2.24) is 30.1 Å². The van der Waals surface area contributed by atoms with E-state index in [1.165, 1.54) is 0 Å². The van der Waals surface area contributed by atoms with E-state index >= 15 is 0 Å². The van der Waals surface area contributed by atoms with Gasteiger partial charge in [-0.25, -0.2) is 4.68 Å². The van der Waals surface area contributed by atoms with Crippen LogP contribution >= 0.6 is 0 Å². The van der Waals surface area contributed by atoms with Crippen molar-refractivity contribution >= 4 is 16.9 Å². The summed E-state index contributed by atoms with van der Waals surface area (Å²) in [7, 11) is 1.63. The highest BCUT2D eigenvalue weighted by Crippen LogP contribution is 2.32. The minimum atomic E-state index is -0.486. The van der Waals surface area contributed by atoms with Crippen LogP contribution in [0.4, 0.5) is 0 Å². The van der Waals surface area contributed by atoms with Gasteiger partial charge in [0.05, 0.1) is 31.7 Å². The van der Waals surface area contributed by atoms with Crippen LogP contribution in [0.15, 0.2) is 53.3 Å². The fourth-order valence-electron chi connectivity index (χ4n) is 5.18. The van der Waals surface area contributed by atoms with Crippen molar-refractivity contribution in [1.29, 1.82) is 0 Å². The number of fused-ring (bicyclic) bond motifs is 1. The van der Waals surface area contributed by atoms with Crippen LogP contribution in [0.2, 0.25) is 0 Å². The molecule has 1 aliphatic heterocycles. The maximum atomic E-state index is 13.5. The van der Waals surface area contributed by atoms with Crippen molar-refractivity contribution in [3.8, 4) is 5.75 Å². The van der Waals surface area contributed by atoms with Gasteiger partial charge in [-0.2, -0.15) is 0 Å². The van der Waals surface area contributed by atoms with Gasteiger partial charge in [0.25, 0.3) is 5.56 Å². The number of hydrogen-bond donors (Lipinski definition) is 1. The molecule has 1 aliphatic rings. The lowest BCUT2D eigenvalue weighted by Gasteiger charge is -2.36. The Morgan fingerprint density at radius 3 is 2.63 bits per heavy atom. The summed E-state index contributed by atoms with van der Waals surface area (Å²) in [5.41, 5.74) is 3.22. The number of nitrogens with zero attached hydrogens (tertiary/aromatic N) is 5. The number of pyridine rings is 1. The summed E-state index contributed by atoms with van der Waals surface area (Å²) >= 11 is 0. The number of piperidine rings is 1. The lowest BCUT2D eigenvalue weighted by atomic mass is 9.93. The van der Waals surface area contributed by atoms with Crippen LogP contribution in [-0.2, 0) is 16.1 Å². The molecule has 1 N–H and O–H groups in total. The second kappa shape index (κ2) is 11.1. The standard InChI is InChI=1S/C28H32N6O4/c1-4-38-28(36)20-12-14-33(15-13-20)25(23-16-21-7-5-6-18(2)24(21)29-27(23)35)26-30-31-32-34(26)17-19-8-10-22(37-3)11-9-19/h5-11,16,20,25H,4,12-15,17H2,1-3H3,(H,29,35). The Hall–Kier alpha value is -4.05. The van der Waals surface area contributed by atoms with Crippen molar-refractivity contribution in [3.63, 3.8) is 0 Å². The van der Waals surface area contributed by atoms with Crippen molar-refractivity contribution in [2.45, 2.75) is 39.3 Å². The molecule has 0 radical (unpaired) electrons. The van der Waals surface area contributed by atoms with Gasteiger partial charge >= 0.3 is 5.97 Å². The number of carbonyl (C=O) groups excluding carboxylic acids is 1. The molecular formula is C28H32N6O4. The van der Waals surface area contributed by atoms with Gasteiger partial charge in [0.15, 0.2) is 5.82 Å². The van der Waals surface area contributed by atoms with Crippen molar-refractivity contribution < 1.29 is 14.3 Å². The number of H-pyrrole nitrogens is 1. The van der Waals surface area contributed by atoms with Gasteiger partial charge in [-0.3, -0.25) is 14.5 Å². The second-order valence-corrected chi connectivity index (χ2v) is 9.60. The van der Waals surface area contributed by atoms with Gasteiger partial charge in [-0.15, -0.1) is 5.10 Å². The summed E-state index contributed by atoms with van der Waals surface area (Å²) < 4.78 is 12.3. The number of rotatable bonds is 8. The molecule has 0 spiro atoms. The Balaban J connectivity index is 1.53. The number of carbonyl (C=O) groups is 1. The molecule has 3 heterocycles. The Morgan fingerprint density at radius 1 is 1.16 bits per heavy atom. The molecule has 0 saturated carbocycles. The third-order valence-electron chi connectivity index (χ3n) is 7.22. The van der Waals surface area contributed by atoms with Gasteiger partial charge in [0.1, 0.15) is 11.8 Å². The van der Waals surface area contributed by atoms with Gasteiger partial charge in [0, 0.05) is 18.7 Å². The Labute approximate surface area is 220 Å². The molecule has 0 aliphatic carbocycles. The summed E-state index contributed by atoms with van der Waals surface area (Å²) in [6.07, 6.45) is 1.28. The number of aryl methyl sites for hydroxylation is 1. The highest BCUT2D eigenvalue weighted by Gasteiger charge is 2.35. The molecule has 1 saturated heterocycles. The zero-order valence-corrected chi connectivity index (χ0v) is 21.9. The molecule has 1 atom stereocenters. The molecular weight excluding hydrogens is 484 g/mol. The van der Waals surface area contributed by atoms with Crippen molar-refractivity contribution in [2.75, 3.05) is 26.8 Å². The van der Waals surface area contributed by atoms with Crippen molar-refractivity contribution in [3.05, 3.63) is 81.4 Å². The predicted octanol–water partition coefficient (Wildman–Crippen LogP) is 3.24. The third-order valence-corrected chi connectivity index (χ3v) is 7.22. The molecule has 1 unspecified atom stereocenters. The number of benzene rings is 2. The molecule has 38 heavy (non-hydrogen) atoms. The van der Waals surface area contributed by atoms with Gasteiger partial charge in [-0.05, 0) is 71.8 Å². The summed E-state index contributed by atoms with van der Waals surface area (Å²) in [6.45, 7) is 5.81. The number of ether oxygens (including phenoxy) is 2. The van der Waals surface area contributed by atoms with E-state index in [4.69, 9.17) is 9.47 Å². The quantitative estimate of drug-likeness (QED) is 0.355. The van der Waals surface area contributed by atoms with Crippen LogP contribution in [0.25, 0.3) is 10.9 Å². The molecule has 5 rings (SSSR count). The highest BCUT2D eigenvalue weighted by atomic mass is 16.5. The maximum Gasteiger partial charge on any atom is 0.309 e. The first-order chi connectivity index (χ1) is 18.5. The predicted molar refractivity (Wildman–Crippen MR) is 142 cm³/mol. The number of likely N-dealkylation sites (tertiary alicyclic amines) is 1. The SMILES string of the molecule is CCOC(=O)C1CCN(C(c2cc3cccc(C)c3[nH]c2=O)c2nnnn2Cc2ccc(OC)cc2)CC1. The number of methoxy groups -OCH3 is 1. The largest absolute Gasteiger partial charge is 0.497 e. The number of aromatic amines is 1. The van der Waals surface area contributed by atoms with Gasteiger partial charge in [-0.1, -0.05) is 30.3 Å². The topological polar surface area (TPSA) is 115 Å². The number of esters is 1. The summed E-state index contributed by atoms with van der Waals surface area (Å²) in [4.78, 5) is 31.2. The maximum absolute atomic E-state index is 13.5. The molecule has 2 aromatic heterocycles. The molecule has 0 bridgehead atoms. The van der Waals surface area contributed by atoms with E-state index in [2.05, 4.69) is 25.4 Å². The van der Waals surface area contributed by atoms with Crippen LogP contribution in [0.5, 0.6) is 5.75 Å². The average molecular weight is 517 g/mol. The monoisotopic (exact) mass is 516 g/mol. The summed E-state index contributed by atoms with van der Waals surface area (Å²) in [5.74, 6) is 1.03. The zero-order valence-electron chi connectivity index (χ0n) is 21.9. The molecule has 4 aromatic rings. The molecule has 10 nitrogen and oxygen atoms in total. The van der Waals surface area contributed by atoms with E-state index in [-0.39, 0.29) is 17.4 Å². The average Bonchev–Trinajstić information content (AvgIpc) is 3.38. The lowest BCUT2D eigenvalue weighted by Crippen LogP contribution is -2.42. The van der Waals surface area contributed by atoms with E-state index in [0.29, 0.717) is 50.5 Å². The first kappa shape index (κ1) is 25.6. The molecule has 1 fully saturated rings. The van der Waals surface area contributed by atoms with Crippen LogP contribution in [0, 0.1) is 12.8 Å². The number of nitrogens with one attached hydrogen (secondary N) is 1. The van der Waals surface area contributed by atoms with Gasteiger partial charge < -0.3 is 14.5 Å². The smallest absolute Gasteiger partial charge is 0.309 e. The number of para-hydroxylation sites is 1. The zero-order chi connectivity index (χ0) is 26.6. The number of hydrogen-bond acceptors (Lipinski definition) is 8. The fraction of sp³-hybridized carbons (Fsp3) is 0.393. The minimum absolute atomic E-state index is 0.153. The van der Waals surface area contributed by atoms with E-state index in [9.17, 15) is 9.59 Å². The summed E-state index contributed by atoms with van der Waals surface area (Å²) in [6, 6.07) is 15.1. The van der Waals surface area contributed by atoms with Crippen LogP contribution in [-0.4, -0.2) is 62.9 Å². The minimum Gasteiger partial charge on any atom is -0.497 e.